The summed E-state index contributed by atoms with van der Waals surface area (Å²) in [6.45, 7) is 0. The van der Waals surface area contributed by atoms with Crippen molar-refractivity contribution < 1.29 is 0 Å². The molecule has 0 saturated heterocycles. The number of nitrogens with zero attached hydrogens (tertiary/aromatic N) is 2. The summed E-state index contributed by atoms with van der Waals surface area (Å²) < 4.78 is 1.25. The molecule has 0 aliphatic heterocycles. The van der Waals surface area contributed by atoms with Crippen LogP contribution in [0.15, 0.2) is 158 Å². The third-order valence-corrected chi connectivity index (χ3v) is 9.80. The molecule has 0 bridgehead atoms. The minimum absolute atomic E-state index is 1.08. The van der Waals surface area contributed by atoms with E-state index in [0.717, 1.165) is 21.9 Å². The minimum atomic E-state index is 1.08. The number of rotatable bonds is 4. The van der Waals surface area contributed by atoms with Gasteiger partial charge in [0.25, 0.3) is 0 Å². The highest BCUT2D eigenvalue weighted by Crippen LogP contribution is 2.41. The molecular weight excluding hydrogens is 553 g/mol. The van der Waals surface area contributed by atoms with E-state index in [9.17, 15) is 0 Å². The standard InChI is InChI=1S/C41H26N2S/c1-2-8-31(9-3-1)43(33-20-23-40-39(26-33)37-11-6-24-42-41(37)44-40)32-18-14-27(15-19-32)30-13-12-29-17-21-35-34-10-5-4-7-28(34)16-22-36(35)38(29)25-30/h1-26H. The number of benzene rings is 7. The zero-order chi connectivity index (χ0) is 29.0. The van der Waals surface area contributed by atoms with Crippen LogP contribution in [0.3, 0.4) is 0 Å². The molecule has 0 radical (unpaired) electrons. The van der Waals surface area contributed by atoms with E-state index < -0.39 is 0 Å². The Kier molecular flexibility index (Phi) is 5.71. The van der Waals surface area contributed by atoms with Gasteiger partial charge in [0.2, 0.25) is 0 Å². The van der Waals surface area contributed by atoms with Crippen LogP contribution in [0.2, 0.25) is 0 Å². The highest BCUT2D eigenvalue weighted by molar-refractivity contribution is 7.25. The molecule has 9 rings (SSSR count). The monoisotopic (exact) mass is 578 g/mol. The highest BCUT2D eigenvalue weighted by Gasteiger charge is 2.15. The molecular formula is C41H26N2S. The van der Waals surface area contributed by atoms with Gasteiger partial charge in [0.1, 0.15) is 4.83 Å². The zero-order valence-electron chi connectivity index (χ0n) is 23.8. The first kappa shape index (κ1) is 25.0. The summed E-state index contributed by atoms with van der Waals surface area (Å²) >= 11 is 1.75. The zero-order valence-corrected chi connectivity index (χ0v) is 24.6. The third-order valence-electron chi connectivity index (χ3n) is 8.71. The molecule has 0 N–H and O–H groups in total. The fraction of sp³-hybridized carbons (Fsp3) is 0. The molecule has 0 spiro atoms. The average molecular weight is 579 g/mol. The van der Waals surface area contributed by atoms with Crippen LogP contribution in [0.5, 0.6) is 0 Å². The number of thiophene rings is 1. The number of fused-ring (bicyclic) bond motifs is 8. The summed E-state index contributed by atoms with van der Waals surface area (Å²) in [5.74, 6) is 0. The van der Waals surface area contributed by atoms with E-state index in [4.69, 9.17) is 0 Å². The Labute approximate surface area is 259 Å². The van der Waals surface area contributed by atoms with Gasteiger partial charge in [-0.3, -0.25) is 0 Å². The number of hydrogen-bond acceptors (Lipinski definition) is 3. The van der Waals surface area contributed by atoms with Crippen LogP contribution >= 0.6 is 11.3 Å². The van der Waals surface area contributed by atoms with Gasteiger partial charge < -0.3 is 4.90 Å². The lowest BCUT2D eigenvalue weighted by Gasteiger charge is -2.26. The Morgan fingerprint density at radius 3 is 1.93 bits per heavy atom. The summed E-state index contributed by atoms with van der Waals surface area (Å²) in [6.07, 6.45) is 1.87. The topological polar surface area (TPSA) is 16.1 Å². The quantitative estimate of drug-likeness (QED) is 0.193. The Morgan fingerprint density at radius 2 is 1.07 bits per heavy atom. The van der Waals surface area contributed by atoms with Crippen LogP contribution in [-0.4, -0.2) is 4.98 Å². The van der Waals surface area contributed by atoms with E-state index in [1.165, 1.54) is 58.9 Å². The Hall–Kier alpha value is -5.51. The SMILES string of the molecule is c1ccc(N(c2ccc(-c3ccc4ccc5c6ccccc6ccc5c4c3)cc2)c2ccc3sc4ncccc4c3c2)cc1. The van der Waals surface area contributed by atoms with Gasteiger partial charge in [0.15, 0.2) is 0 Å². The minimum Gasteiger partial charge on any atom is -0.310 e. The fourth-order valence-electron chi connectivity index (χ4n) is 6.56. The predicted octanol–water partition coefficient (Wildman–Crippen LogP) is 12.0. The summed E-state index contributed by atoms with van der Waals surface area (Å²) in [7, 11) is 0. The number of anilines is 3. The number of pyridine rings is 1. The molecule has 0 aliphatic carbocycles. The molecule has 2 heterocycles. The van der Waals surface area contributed by atoms with E-state index in [1.54, 1.807) is 11.3 Å². The summed E-state index contributed by atoms with van der Waals surface area (Å²) in [4.78, 5) is 8.01. The molecule has 44 heavy (non-hydrogen) atoms. The second-order valence-electron chi connectivity index (χ2n) is 11.2. The largest absolute Gasteiger partial charge is 0.310 e. The third kappa shape index (κ3) is 4.05. The number of para-hydroxylation sites is 1. The van der Waals surface area contributed by atoms with E-state index in [0.29, 0.717) is 0 Å². The van der Waals surface area contributed by atoms with Gasteiger partial charge >= 0.3 is 0 Å². The first-order valence-corrected chi connectivity index (χ1v) is 15.7. The molecule has 0 saturated carbocycles. The normalized spacial score (nSPS) is 11.6. The van der Waals surface area contributed by atoms with Gasteiger partial charge in [-0.25, -0.2) is 4.98 Å². The predicted molar refractivity (Wildman–Crippen MR) is 190 cm³/mol. The molecule has 2 aromatic heterocycles. The fourth-order valence-corrected chi connectivity index (χ4v) is 7.59. The van der Waals surface area contributed by atoms with Crippen molar-refractivity contribution in [2.45, 2.75) is 0 Å². The lowest BCUT2D eigenvalue weighted by atomic mass is 9.94. The Bertz CT molecular complexity index is 2490. The molecule has 3 heteroatoms. The number of aromatic nitrogens is 1. The highest BCUT2D eigenvalue weighted by atomic mass is 32.1. The van der Waals surface area contributed by atoms with Crippen molar-refractivity contribution in [2.24, 2.45) is 0 Å². The Morgan fingerprint density at radius 1 is 0.409 bits per heavy atom. The van der Waals surface area contributed by atoms with Crippen LogP contribution < -0.4 is 4.90 Å². The van der Waals surface area contributed by atoms with Crippen LogP contribution in [-0.2, 0) is 0 Å². The molecule has 2 nitrogen and oxygen atoms in total. The smallest absolute Gasteiger partial charge is 0.124 e. The van der Waals surface area contributed by atoms with Gasteiger partial charge in [-0.1, -0.05) is 91.0 Å². The summed E-state index contributed by atoms with van der Waals surface area (Å²) in [5.41, 5.74) is 5.79. The maximum Gasteiger partial charge on any atom is 0.124 e. The second kappa shape index (κ2) is 10.0. The van der Waals surface area contributed by atoms with E-state index in [-0.39, 0.29) is 0 Å². The van der Waals surface area contributed by atoms with E-state index >= 15 is 0 Å². The van der Waals surface area contributed by atoms with Gasteiger partial charge in [-0.2, -0.15) is 0 Å². The molecule has 0 unspecified atom stereocenters. The molecule has 0 aliphatic rings. The van der Waals surface area contributed by atoms with E-state index in [2.05, 4.69) is 155 Å². The number of hydrogen-bond donors (Lipinski definition) is 0. The van der Waals surface area contributed by atoms with Gasteiger partial charge in [-0.05, 0) is 104 Å². The maximum absolute atomic E-state index is 4.60. The molecule has 9 aromatic rings. The van der Waals surface area contributed by atoms with Crippen molar-refractivity contribution in [1.29, 1.82) is 0 Å². The maximum atomic E-state index is 4.60. The van der Waals surface area contributed by atoms with Gasteiger partial charge in [0, 0.05) is 38.7 Å². The molecule has 0 fully saturated rings. The van der Waals surface area contributed by atoms with Crippen LogP contribution in [0.1, 0.15) is 0 Å². The molecule has 0 amide bonds. The summed E-state index contributed by atoms with van der Waals surface area (Å²) in [6, 6.07) is 55.0. The van der Waals surface area contributed by atoms with Crippen molar-refractivity contribution in [2.75, 3.05) is 4.90 Å². The van der Waals surface area contributed by atoms with Crippen molar-refractivity contribution in [1.82, 2.24) is 4.98 Å². The lowest BCUT2D eigenvalue weighted by molar-refractivity contribution is 1.29. The molecule has 0 atom stereocenters. The van der Waals surface area contributed by atoms with Crippen molar-refractivity contribution >= 4 is 81.0 Å². The van der Waals surface area contributed by atoms with Crippen molar-refractivity contribution in [3.63, 3.8) is 0 Å². The van der Waals surface area contributed by atoms with E-state index in [1.807, 2.05) is 12.3 Å². The first-order chi connectivity index (χ1) is 21.8. The van der Waals surface area contributed by atoms with Crippen molar-refractivity contribution in [3.8, 4) is 11.1 Å². The van der Waals surface area contributed by atoms with Crippen LogP contribution in [0, 0.1) is 0 Å². The Balaban J connectivity index is 1.15. The van der Waals surface area contributed by atoms with Crippen LogP contribution in [0.25, 0.3) is 63.7 Å². The molecule has 206 valence electrons. The van der Waals surface area contributed by atoms with Gasteiger partial charge in [-0.15, -0.1) is 11.3 Å². The average Bonchev–Trinajstić information content (AvgIpc) is 3.47. The lowest BCUT2D eigenvalue weighted by Crippen LogP contribution is -2.09. The summed E-state index contributed by atoms with van der Waals surface area (Å²) in [5, 5.41) is 10.2. The van der Waals surface area contributed by atoms with Gasteiger partial charge in [0.05, 0.1) is 0 Å². The second-order valence-corrected chi connectivity index (χ2v) is 12.3. The van der Waals surface area contributed by atoms with Crippen molar-refractivity contribution in [3.05, 3.63) is 158 Å². The first-order valence-electron chi connectivity index (χ1n) is 14.9. The van der Waals surface area contributed by atoms with Crippen LogP contribution in [0.4, 0.5) is 17.1 Å². The molecule has 7 aromatic carbocycles.